The molecule has 0 saturated heterocycles. The molecular weight excluding hydrogens is 412 g/mol. The molecule has 0 heterocycles. The Bertz CT molecular complexity index is 808. The molecule has 1 aromatic carbocycles. The summed E-state index contributed by atoms with van der Waals surface area (Å²) in [4.78, 5) is 4.70. The van der Waals surface area contributed by atoms with Crippen LogP contribution in [0.5, 0.6) is 0 Å². The molecule has 0 aliphatic heterocycles. The maximum absolute atomic E-state index is 4.26. The van der Waals surface area contributed by atoms with Crippen molar-refractivity contribution in [2.45, 2.75) is 54.4 Å². The Labute approximate surface area is 211 Å². The van der Waals surface area contributed by atoms with Gasteiger partial charge in [0.05, 0.1) is 0 Å². The number of allylic oxidation sites excluding steroid dienone is 7. The minimum absolute atomic E-state index is 0.645. The van der Waals surface area contributed by atoms with Crippen molar-refractivity contribution in [3.05, 3.63) is 96.7 Å². The van der Waals surface area contributed by atoms with Crippen molar-refractivity contribution in [2.75, 3.05) is 33.2 Å². The smallest absolute Gasteiger partial charge is 0.0366 e. The molecule has 2 nitrogen and oxygen atoms in total. The van der Waals surface area contributed by atoms with Gasteiger partial charge in [-0.1, -0.05) is 100 Å². The first-order valence-corrected chi connectivity index (χ1v) is 12.8. The molecule has 0 saturated carbocycles. The number of hydrogen-bond acceptors (Lipinski definition) is 2. The van der Waals surface area contributed by atoms with Gasteiger partial charge in [-0.2, -0.15) is 0 Å². The van der Waals surface area contributed by atoms with E-state index >= 15 is 0 Å². The van der Waals surface area contributed by atoms with Crippen LogP contribution in [0, 0.1) is 5.92 Å². The van der Waals surface area contributed by atoms with Crippen LogP contribution < -0.4 is 0 Å². The highest BCUT2D eigenvalue weighted by molar-refractivity contribution is 5.63. The van der Waals surface area contributed by atoms with E-state index < -0.39 is 0 Å². The first-order chi connectivity index (χ1) is 16.3. The summed E-state index contributed by atoms with van der Waals surface area (Å²) in [6.45, 7) is 28.5. The molecular formula is C32H50N2. The minimum atomic E-state index is 0.645. The molecule has 34 heavy (non-hydrogen) atoms. The van der Waals surface area contributed by atoms with Crippen molar-refractivity contribution in [1.82, 2.24) is 9.80 Å². The fourth-order valence-electron chi connectivity index (χ4n) is 3.39. The molecule has 0 radical (unpaired) electrons. The van der Waals surface area contributed by atoms with Crippen LogP contribution in [0.4, 0.5) is 0 Å². The van der Waals surface area contributed by atoms with Crippen molar-refractivity contribution >= 4 is 11.8 Å². The van der Waals surface area contributed by atoms with E-state index in [4.69, 9.17) is 0 Å². The van der Waals surface area contributed by atoms with Crippen molar-refractivity contribution in [3.8, 4) is 0 Å². The molecule has 188 valence electrons. The largest absolute Gasteiger partial charge is 0.372 e. The van der Waals surface area contributed by atoms with Crippen molar-refractivity contribution in [2.24, 2.45) is 5.92 Å². The molecule has 0 N–H and O–H groups in total. The van der Waals surface area contributed by atoms with E-state index in [1.54, 1.807) is 6.08 Å². The first-order valence-electron chi connectivity index (χ1n) is 12.8. The highest BCUT2D eigenvalue weighted by Crippen LogP contribution is 2.23. The lowest BCUT2D eigenvalue weighted by Gasteiger charge is -2.26. The van der Waals surface area contributed by atoms with Gasteiger partial charge in [-0.3, -0.25) is 0 Å². The number of rotatable bonds is 11. The minimum Gasteiger partial charge on any atom is -0.372 e. The SMILES string of the molecule is C=CC.C=Cc1ccc(C(=C)N(CC)CCCN(C)CC)cc1.CC/C=C/C1=CC(C)C(C)=C1. The van der Waals surface area contributed by atoms with Gasteiger partial charge in [-0.15, -0.1) is 6.58 Å². The average Bonchev–Trinajstić information content (AvgIpc) is 3.17. The zero-order chi connectivity index (χ0) is 25.9. The third kappa shape index (κ3) is 12.6. The maximum Gasteiger partial charge on any atom is 0.0366 e. The van der Waals surface area contributed by atoms with Crippen molar-refractivity contribution in [1.29, 1.82) is 0 Å². The van der Waals surface area contributed by atoms with Crippen LogP contribution in [0.2, 0.25) is 0 Å². The highest BCUT2D eigenvalue weighted by Gasteiger charge is 2.08. The quantitative estimate of drug-likeness (QED) is 0.304. The lowest BCUT2D eigenvalue weighted by atomic mass is 10.1. The molecule has 0 amide bonds. The van der Waals surface area contributed by atoms with Gasteiger partial charge in [-0.25, -0.2) is 0 Å². The van der Waals surface area contributed by atoms with E-state index in [0.29, 0.717) is 5.92 Å². The Balaban J connectivity index is 0.000000651. The molecule has 1 atom stereocenters. The molecule has 0 fully saturated rings. The molecule has 1 unspecified atom stereocenters. The second-order valence-corrected chi connectivity index (χ2v) is 8.66. The van der Waals surface area contributed by atoms with Crippen LogP contribution in [0.15, 0.2) is 85.5 Å². The van der Waals surface area contributed by atoms with E-state index in [0.717, 1.165) is 43.9 Å². The van der Waals surface area contributed by atoms with E-state index in [9.17, 15) is 0 Å². The van der Waals surface area contributed by atoms with Gasteiger partial charge in [0.1, 0.15) is 0 Å². The fraction of sp³-hybridized carbons (Fsp3) is 0.438. The Morgan fingerprint density at radius 3 is 2.09 bits per heavy atom. The van der Waals surface area contributed by atoms with Gasteiger partial charge < -0.3 is 9.80 Å². The summed E-state index contributed by atoms with van der Waals surface area (Å²) < 4.78 is 0. The first kappa shape index (κ1) is 31.4. The lowest BCUT2D eigenvalue weighted by molar-refractivity contribution is 0.316. The van der Waals surface area contributed by atoms with Gasteiger partial charge in [0, 0.05) is 18.8 Å². The molecule has 0 spiro atoms. The van der Waals surface area contributed by atoms with Gasteiger partial charge in [0.2, 0.25) is 0 Å². The van der Waals surface area contributed by atoms with Crippen molar-refractivity contribution in [3.63, 3.8) is 0 Å². The maximum atomic E-state index is 4.26. The zero-order valence-electron chi connectivity index (χ0n) is 23.1. The second-order valence-electron chi connectivity index (χ2n) is 8.66. The fourth-order valence-corrected chi connectivity index (χ4v) is 3.39. The van der Waals surface area contributed by atoms with Crippen LogP contribution in [-0.4, -0.2) is 43.0 Å². The third-order valence-corrected chi connectivity index (χ3v) is 5.85. The summed E-state index contributed by atoms with van der Waals surface area (Å²) in [6.07, 6.45) is 14.9. The Morgan fingerprint density at radius 1 is 1.03 bits per heavy atom. The Hall–Kier alpha value is -2.58. The Morgan fingerprint density at radius 2 is 1.65 bits per heavy atom. The summed E-state index contributed by atoms with van der Waals surface area (Å²) >= 11 is 0. The summed E-state index contributed by atoms with van der Waals surface area (Å²) in [5, 5.41) is 0. The number of benzene rings is 1. The van der Waals surface area contributed by atoms with Crippen LogP contribution in [0.1, 0.15) is 65.5 Å². The highest BCUT2D eigenvalue weighted by atomic mass is 15.1. The van der Waals surface area contributed by atoms with E-state index in [1.807, 2.05) is 13.0 Å². The number of hydrogen-bond donors (Lipinski definition) is 0. The van der Waals surface area contributed by atoms with Gasteiger partial charge in [0.15, 0.2) is 0 Å². The summed E-state index contributed by atoms with van der Waals surface area (Å²) in [6, 6.07) is 8.43. The van der Waals surface area contributed by atoms with Crippen LogP contribution >= 0.6 is 0 Å². The standard InChI is InChI=1S/C18H28N2.C11H16.C3H6/c1-6-17-10-12-18(13-11-17)16(4)20(8-3)15-9-14-19(5)7-2;1-4-5-6-11-7-9(2)10(3)8-11;1-3-2/h6,10-13H,1,4,7-9,14-15H2,2-3,5H3;5-9H,4H2,1-3H3;3H,1H2,2H3/b;6-5+;. The normalized spacial score (nSPS) is 14.4. The van der Waals surface area contributed by atoms with Crippen LogP contribution in [-0.2, 0) is 0 Å². The molecule has 1 aliphatic rings. The molecule has 2 rings (SSSR count). The van der Waals surface area contributed by atoms with Gasteiger partial charge in [-0.05, 0) is 76.4 Å². The molecule has 1 aliphatic carbocycles. The van der Waals surface area contributed by atoms with Crippen LogP contribution in [0.3, 0.4) is 0 Å². The molecule has 0 bridgehead atoms. The summed E-state index contributed by atoms with van der Waals surface area (Å²) in [5.41, 5.74) is 6.30. The van der Waals surface area contributed by atoms with Crippen LogP contribution in [0.25, 0.3) is 11.8 Å². The molecule has 0 aromatic heterocycles. The third-order valence-electron chi connectivity index (χ3n) is 5.85. The predicted molar refractivity (Wildman–Crippen MR) is 157 cm³/mol. The summed E-state index contributed by atoms with van der Waals surface area (Å²) in [5.74, 6) is 0.645. The number of nitrogens with zero attached hydrogens (tertiary/aromatic N) is 2. The van der Waals surface area contributed by atoms with E-state index in [-0.39, 0.29) is 0 Å². The predicted octanol–water partition coefficient (Wildman–Crippen LogP) is 8.63. The topological polar surface area (TPSA) is 6.48 Å². The monoisotopic (exact) mass is 462 g/mol. The average molecular weight is 463 g/mol. The van der Waals surface area contributed by atoms with Crippen molar-refractivity contribution < 1.29 is 0 Å². The zero-order valence-corrected chi connectivity index (χ0v) is 23.1. The van der Waals surface area contributed by atoms with E-state index in [2.05, 4.69) is 120 Å². The Kier molecular flexibility index (Phi) is 17.4. The second kappa shape index (κ2) is 18.8. The molecule has 2 heteroatoms. The summed E-state index contributed by atoms with van der Waals surface area (Å²) in [7, 11) is 2.17. The molecule has 1 aromatic rings. The lowest BCUT2D eigenvalue weighted by Crippen LogP contribution is -2.27. The van der Waals surface area contributed by atoms with Gasteiger partial charge >= 0.3 is 0 Å². The van der Waals surface area contributed by atoms with Gasteiger partial charge in [0.25, 0.3) is 0 Å². The van der Waals surface area contributed by atoms with E-state index in [1.165, 1.54) is 23.1 Å².